The van der Waals surface area contributed by atoms with E-state index in [0.29, 0.717) is 12.1 Å². The summed E-state index contributed by atoms with van der Waals surface area (Å²) in [6, 6.07) is 6.32. The minimum Gasteiger partial charge on any atom is -0.465 e. The second kappa shape index (κ2) is 7.69. The molecule has 0 fully saturated rings. The fraction of sp³-hybridized carbons (Fsp3) is 0.353. The molecule has 0 aliphatic heterocycles. The Bertz CT molecular complexity index is 923. The van der Waals surface area contributed by atoms with E-state index >= 15 is 0 Å². The third-order valence-electron chi connectivity index (χ3n) is 4.34. The van der Waals surface area contributed by atoms with Crippen molar-refractivity contribution in [1.82, 2.24) is 4.72 Å². The molecule has 1 aliphatic carbocycles. The fourth-order valence-electron chi connectivity index (χ4n) is 3.10. The van der Waals surface area contributed by atoms with E-state index in [9.17, 15) is 13.2 Å². The summed E-state index contributed by atoms with van der Waals surface area (Å²) in [6.45, 7) is 1.52. The Kier molecular flexibility index (Phi) is 6.00. The van der Waals surface area contributed by atoms with Gasteiger partial charge in [-0.3, -0.25) is 0 Å². The number of esters is 1. The van der Waals surface area contributed by atoms with E-state index in [1.54, 1.807) is 6.07 Å². The monoisotopic (exact) mass is 400 g/mol. The molecule has 1 unspecified atom stereocenters. The molecule has 3 N–H and O–H groups in total. The van der Waals surface area contributed by atoms with Crippen molar-refractivity contribution < 1.29 is 22.4 Å². The highest BCUT2D eigenvalue weighted by molar-refractivity contribution is 7.89. The fourth-order valence-corrected chi connectivity index (χ4v) is 4.35. The summed E-state index contributed by atoms with van der Waals surface area (Å²) in [5, 5.41) is -0.298. The molecule has 1 aliphatic rings. The molecule has 0 radical (unpaired) electrons. The van der Waals surface area contributed by atoms with Crippen molar-refractivity contribution in [3.63, 3.8) is 0 Å². The van der Waals surface area contributed by atoms with E-state index in [1.807, 2.05) is 12.1 Å². The van der Waals surface area contributed by atoms with Gasteiger partial charge in [-0.25, -0.2) is 17.9 Å². The van der Waals surface area contributed by atoms with Crippen molar-refractivity contribution in [3.8, 4) is 0 Å². The molecule has 9 heteroatoms. The number of carbonyl (C=O) groups excluding carboxylic acids is 1. The van der Waals surface area contributed by atoms with Crippen LogP contribution >= 0.6 is 12.4 Å². The Morgan fingerprint density at radius 2 is 2.08 bits per heavy atom. The van der Waals surface area contributed by atoms with Crippen LogP contribution in [0.4, 0.5) is 5.69 Å². The molecule has 26 heavy (non-hydrogen) atoms. The predicted molar refractivity (Wildman–Crippen MR) is 98.9 cm³/mol. The number of hydrogen-bond donors (Lipinski definition) is 2. The first-order chi connectivity index (χ1) is 11.8. The molecule has 0 saturated heterocycles. The van der Waals surface area contributed by atoms with Crippen LogP contribution in [0.5, 0.6) is 0 Å². The average Bonchev–Trinajstić information content (AvgIpc) is 2.96. The van der Waals surface area contributed by atoms with Crippen molar-refractivity contribution in [1.29, 1.82) is 0 Å². The zero-order valence-corrected chi connectivity index (χ0v) is 16.1. The summed E-state index contributed by atoms with van der Waals surface area (Å²) in [7, 11) is -2.68. The van der Waals surface area contributed by atoms with E-state index in [1.165, 1.54) is 20.1 Å². The second-order valence-electron chi connectivity index (χ2n) is 6.05. The number of carbonyl (C=O) groups is 1. The maximum Gasteiger partial charge on any atom is 0.341 e. The summed E-state index contributed by atoms with van der Waals surface area (Å²) in [6.07, 6.45) is 2.40. The van der Waals surface area contributed by atoms with Gasteiger partial charge < -0.3 is 14.9 Å². The summed E-state index contributed by atoms with van der Waals surface area (Å²) in [5.41, 5.74) is 8.53. The minimum absolute atomic E-state index is 0. The number of anilines is 1. The van der Waals surface area contributed by atoms with Crippen molar-refractivity contribution in [3.05, 3.63) is 46.7 Å². The smallest absolute Gasteiger partial charge is 0.341 e. The number of nitrogen functional groups attached to an aromatic ring is 1. The van der Waals surface area contributed by atoms with Crippen LogP contribution in [-0.4, -0.2) is 21.5 Å². The molecule has 142 valence electrons. The number of nitrogens with two attached hydrogens (primary N) is 1. The minimum atomic E-state index is -3.91. The number of fused-ring (bicyclic) bond motifs is 1. The van der Waals surface area contributed by atoms with Gasteiger partial charge in [0, 0.05) is 17.8 Å². The standard InChI is InChI=1S/C17H20N2O5S.ClH/c1-10-14(17(20)23-2)9-16(24-10)25(21,22)19-15-5-3-4-11-8-12(18)6-7-13(11)15;/h6-9,15,19H,3-5,18H2,1-2H3;1H. The maximum absolute atomic E-state index is 12.7. The molecule has 2 aromatic rings. The molecular weight excluding hydrogens is 380 g/mol. The molecule has 0 amide bonds. The van der Waals surface area contributed by atoms with Gasteiger partial charge in [-0.2, -0.15) is 0 Å². The number of hydrogen-bond acceptors (Lipinski definition) is 6. The zero-order valence-electron chi connectivity index (χ0n) is 14.4. The van der Waals surface area contributed by atoms with Crippen LogP contribution in [0.3, 0.4) is 0 Å². The first-order valence-corrected chi connectivity index (χ1v) is 9.39. The van der Waals surface area contributed by atoms with Crippen LogP contribution in [-0.2, 0) is 21.2 Å². The first-order valence-electron chi connectivity index (χ1n) is 7.91. The Morgan fingerprint density at radius 3 is 2.77 bits per heavy atom. The van der Waals surface area contributed by atoms with Crippen molar-refractivity contribution >= 4 is 34.1 Å². The van der Waals surface area contributed by atoms with Gasteiger partial charge in [-0.05, 0) is 49.4 Å². The SMILES string of the molecule is COC(=O)c1cc(S(=O)(=O)NC2CCCc3cc(N)ccc32)oc1C.Cl. The molecule has 0 saturated carbocycles. The van der Waals surface area contributed by atoms with Gasteiger partial charge >= 0.3 is 5.97 Å². The molecule has 1 aromatic carbocycles. The van der Waals surface area contributed by atoms with Gasteiger partial charge in [0.1, 0.15) is 11.3 Å². The predicted octanol–water partition coefficient (Wildman–Crippen LogP) is 2.73. The van der Waals surface area contributed by atoms with E-state index in [0.717, 1.165) is 24.0 Å². The highest BCUT2D eigenvalue weighted by Crippen LogP contribution is 2.32. The number of halogens is 1. The van der Waals surface area contributed by atoms with E-state index in [4.69, 9.17) is 10.2 Å². The van der Waals surface area contributed by atoms with Crippen LogP contribution in [0.15, 0.2) is 33.8 Å². The maximum atomic E-state index is 12.7. The lowest BCUT2D eigenvalue weighted by molar-refractivity contribution is 0.0598. The first kappa shape index (κ1) is 20.3. The number of aryl methyl sites for hydroxylation is 2. The molecule has 3 rings (SSSR count). The Morgan fingerprint density at radius 1 is 1.35 bits per heavy atom. The van der Waals surface area contributed by atoms with Gasteiger partial charge in [0.2, 0.25) is 5.09 Å². The van der Waals surface area contributed by atoms with Crippen LogP contribution in [0.25, 0.3) is 0 Å². The number of sulfonamides is 1. The molecular formula is C17H21ClN2O5S. The van der Waals surface area contributed by atoms with Crippen molar-refractivity contribution in [2.75, 3.05) is 12.8 Å². The quantitative estimate of drug-likeness (QED) is 0.602. The summed E-state index contributed by atoms with van der Waals surface area (Å²) in [4.78, 5) is 11.7. The van der Waals surface area contributed by atoms with Crippen LogP contribution in [0.1, 0.15) is 46.1 Å². The highest BCUT2D eigenvalue weighted by Gasteiger charge is 2.29. The van der Waals surface area contributed by atoms with E-state index in [-0.39, 0.29) is 34.9 Å². The topological polar surface area (TPSA) is 112 Å². The Labute approximate surface area is 158 Å². The van der Waals surface area contributed by atoms with Gasteiger partial charge in [-0.15, -0.1) is 12.4 Å². The Balaban J connectivity index is 0.00000243. The van der Waals surface area contributed by atoms with Gasteiger partial charge in [0.05, 0.1) is 7.11 Å². The lowest BCUT2D eigenvalue weighted by atomic mass is 9.88. The van der Waals surface area contributed by atoms with Crippen molar-refractivity contribution in [2.45, 2.75) is 37.3 Å². The van der Waals surface area contributed by atoms with E-state index < -0.39 is 16.0 Å². The number of rotatable bonds is 4. The van der Waals surface area contributed by atoms with Gasteiger partial charge in [0.25, 0.3) is 10.0 Å². The Hall–Kier alpha value is -2.03. The van der Waals surface area contributed by atoms with E-state index in [2.05, 4.69) is 9.46 Å². The molecule has 1 aromatic heterocycles. The third-order valence-corrected chi connectivity index (χ3v) is 5.67. The second-order valence-corrected chi connectivity index (χ2v) is 7.70. The summed E-state index contributed by atoms with van der Waals surface area (Å²) in [5.74, 6) is -0.440. The van der Waals surface area contributed by atoms with Crippen molar-refractivity contribution in [2.24, 2.45) is 0 Å². The number of furan rings is 1. The molecule has 7 nitrogen and oxygen atoms in total. The largest absolute Gasteiger partial charge is 0.465 e. The normalized spacial score (nSPS) is 16.5. The number of methoxy groups -OCH3 is 1. The molecule has 1 heterocycles. The van der Waals surface area contributed by atoms with Gasteiger partial charge in [0.15, 0.2) is 0 Å². The summed E-state index contributed by atoms with van der Waals surface area (Å²) >= 11 is 0. The summed E-state index contributed by atoms with van der Waals surface area (Å²) < 4.78 is 37.9. The highest BCUT2D eigenvalue weighted by atomic mass is 35.5. The lowest BCUT2D eigenvalue weighted by Crippen LogP contribution is -2.31. The molecule has 0 spiro atoms. The number of benzene rings is 1. The zero-order chi connectivity index (χ0) is 18.2. The van der Waals surface area contributed by atoms with Crippen LogP contribution < -0.4 is 10.5 Å². The molecule has 0 bridgehead atoms. The molecule has 1 atom stereocenters. The lowest BCUT2D eigenvalue weighted by Gasteiger charge is -2.26. The number of nitrogens with one attached hydrogen (secondary N) is 1. The van der Waals surface area contributed by atoms with Gasteiger partial charge in [-0.1, -0.05) is 6.07 Å². The number of ether oxygens (including phenoxy) is 1. The van der Waals surface area contributed by atoms with Crippen LogP contribution in [0.2, 0.25) is 0 Å². The third kappa shape index (κ3) is 3.87. The van der Waals surface area contributed by atoms with Crippen LogP contribution in [0, 0.1) is 6.92 Å². The average molecular weight is 401 g/mol.